The van der Waals surface area contributed by atoms with Gasteiger partial charge in [-0.15, -0.1) is 0 Å². The molecule has 138 valence electrons. The molecule has 1 saturated heterocycles. The molecule has 0 radical (unpaired) electrons. The minimum absolute atomic E-state index is 0.179. The van der Waals surface area contributed by atoms with E-state index in [9.17, 15) is 14.0 Å². The van der Waals surface area contributed by atoms with E-state index >= 15 is 0 Å². The molecule has 0 bridgehead atoms. The highest BCUT2D eigenvalue weighted by Crippen LogP contribution is 2.24. The molecule has 1 aromatic rings. The zero-order valence-corrected chi connectivity index (χ0v) is 16.6. The summed E-state index contributed by atoms with van der Waals surface area (Å²) in [6, 6.07) is 2.68. The molecular weight excluding hydrogens is 391 g/mol. The number of benzene rings is 1. The lowest BCUT2D eigenvalue weighted by Crippen LogP contribution is -2.50. The number of nitrogens with zero attached hydrogens (tertiary/aromatic N) is 1. The summed E-state index contributed by atoms with van der Waals surface area (Å²) in [6.45, 7) is 8.00. The molecule has 2 rings (SSSR count). The van der Waals surface area contributed by atoms with Crippen molar-refractivity contribution in [2.24, 2.45) is 0 Å². The first-order valence-electron chi connectivity index (χ1n) is 8.31. The molecule has 25 heavy (non-hydrogen) atoms. The van der Waals surface area contributed by atoms with Crippen LogP contribution in [0.4, 0.5) is 9.18 Å². The van der Waals surface area contributed by atoms with E-state index in [0.29, 0.717) is 28.7 Å². The maximum Gasteiger partial charge on any atom is 0.407 e. The zero-order valence-electron chi connectivity index (χ0n) is 15.0. The van der Waals surface area contributed by atoms with Gasteiger partial charge in [0.25, 0.3) is 5.91 Å². The van der Waals surface area contributed by atoms with E-state index in [0.717, 1.165) is 12.8 Å². The van der Waals surface area contributed by atoms with E-state index in [1.807, 2.05) is 0 Å². The lowest BCUT2D eigenvalue weighted by molar-refractivity contribution is 0.0452. The van der Waals surface area contributed by atoms with Crippen LogP contribution in [0.5, 0.6) is 0 Å². The van der Waals surface area contributed by atoms with Crippen LogP contribution in [0.3, 0.4) is 0 Å². The molecule has 1 N–H and O–H groups in total. The number of ether oxygens (including phenoxy) is 1. The van der Waals surface area contributed by atoms with Crippen LogP contribution in [0, 0.1) is 12.7 Å². The minimum atomic E-state index is -0.571. The van der Waals surface area contributed by atoms with Crippen LogP contribution in [0.1, 0.15) is 49.5 Å². The Morgan fingerprint density at radius 1 is 1.36 bits per heavy atom. The lowest BCUT2D eigenvalue weighted by Gasteiger charge is -2.34. The first-order valence-corrected chi connectivity index (χ1v) is 9.10. The zero-order chi connectivity index (χ0) is 18.8. The fourth-order valence-corrected chi connectivity index (χ4v) is 3.36. The highest BCUT2D eigenvalue weighted by molar-refractivity contribution is 9.10. The van der Waals surface area contributed by atoms with Crippen LogP contribution >= 0.6 is 15.9 Å². The molecule has 1 aliphatic rings. The molecule has 0 spiro atoms. The fraction of sp³-hybridized carbons (Fsp3) is 0.556. The third kappa shape index (κ3) is 5.42. The molecule has 1 aliphatic heterocycles. The number of aryl methyl sites for hydroxylation is 1. The van der Waals surface area contributed by atoms with Gasteiger partial charge < -0.3 is 15.0 Å². The summed E-state index contributed by atoms with van der Waals surface area (Å²) in [6.07, 6.45) is 1.04. The second-order valence-electron chi connectivity index (χ2n) is 7.32. The normalized spacial score (nSPS) is 18.0. The van der Waals surface area contributed by atoms with Crippen molar-refractivity contribution in [3.8, 4) is 0 Å². The van der Waals surface area contributed by atoms with Crippen LogP contribution in [-0.4, -0.2) is 41.6 Å². The third-order valence-electron chi connectivity index (χ3n) is 3.91. The van der Waals surface area contributed by atoms with Crippen LogP contribution in [0.2, 0.25) is 0 Å². The first kappa shape index (κ1) is 19.7. The molecular formula is C18H24BrFN2O3. The van der Waals surface area contributed by atoms with Gasteiger partial charge in [-0.2, -0.15) is 0 Å². The Morgan fingerprint density at radius 2 is 2.04 bits per heavy atom. The Kier molecular flexibility index (Phi) is 6.08. The number of alkyl carbamates (subject to hydrolysis) is 1. The van der Waals surface area contributed by atoms with Crippen molar-refractivity contribution in [3.05, 3.63) is 33.5 Å². The summed E-state index contributed by atoms with van der Waals surface area (Å²) in [5.41, 5.74) is 0.200. The highest BCUT2D eigenvalue weighted by Gasteiger charge is 2.28. The van der Waals surface area contributed by atoms with Crippen LogP contribution < -0.4 is 5.32 Å². The molecule has 1 fully saturated rings. The summed E-state index contributed by atoms with van der Waals surface area (Å²) in [5, 5.41) is 2.81. The van der Waals surface area contributed by atoms with Gasteiger partial charge in [0.1, 0.15) is 11.4 Å². The molecule has 0 unspecified atom stereocenters. The standard InChI is InChI=1S/C18H24BrFN2O3/c1-11-8-14(19)13(9-15(11)20)16(23)22-7-5-6-12(10-22)21-17(24)25-18(2,3)4/h8-9,12H,5-7,10H2,1-4H3,(H,21,24)/t12-/m0/s1. The van der Waals surface area contributed by atoms with Crippen molar-refractivity contribution in [2.75, 3.05) is 13.1 Å². The summed E-state index contributed by atoms with van der Waals surface area (Å²) in [7, 11) is 0. The van der Waals surface area contributed by atoms with Crippen LogP contribution in [-0.2, 0) is 4.74 Å². The van der Waals surface area contributed by atoms with E-state index in [-0.39, 0.29) is 11.9 Å². The number of hydrogen-bond acceptors (Lipinski definition) is 3. The first-order chi connectivity index (χ1) is 11.6. The molecule has 1 atom stereocenters. The van der Waals surface area contributed by atoms with Crippen molar-refractivity contribution in [3.63, 3.8) is 0 Å². The van der Waals surface area contributed by atoms with Gasteiger partial charge in [-0.25, -0.2) is 9.18 Å². The van der Waals surface area contributed by atoms with E-state index in [2.05, 4.69) is 21.2 Å². The number of rotatable bonds is 2. The number of halogens is 2. The number of piperidine rings is 1. The molecule has 0 aromatic heterocycles. The minimum Gasteiger partial charge on any atom is -0.444 e. The summed E-state index contributed by atoms with van der Waals surface area (Å²) < 4.78 is 19.7. The summed E-state index contributed by atoms with van der Waals surface area (Å²) in [4.78, 5) is 26.3. The molecule has 2 amide bonds. The van der Waals surface area contributed by atoms with E-state index in [4.69, 9.17) is 4.74 Å². The fourth-order valence-electron chi connectivity index (χ4n) is 2.73. The molecule has 5 nitrogen and oxygen atoms in total. The van der Waals surface area contributed by atoms with Gasteiger partial charge >= 0.3 is 6.09 Å². The number of carbonyl (C=O) groups excluding carboxylic acids is 2. The lowest BCUT2D eigenvalue weighted by atomic mass is 10.0. The maximum atomic E-state index is 13.8. The monoisotopic (exact) mass is 414 g/mol. The molecule has 0 aliphatic carbocycles. The number of nitrogens with one attached hydrogen (secondary N) is 1. The molecule has 7 heteroatoms. The van der Waals surface area contributed by atoms with Gasteiger partial charge in [0, 0.05) is 23.6 Å². The van der Waals surface area contributed by atoms with Gasteiger partial charge in [-0.05, 0) is 74.2 Å². The van der Waals surface area contributed by atoms with Crippen LogP contribution in [0.25, 0.3) is 0 Å². The number of amides is 2. The second kappa shape index (κ2) is 7.72. The Balaban J connectivity index is 2.04. The van der Waals surface area contributed by atoms with Crippen molar-refractivity contribution < 1.29 is 18.7 Å². The number of hydrogen-bond donors (Lipinski definition) is 1. The topological polar surface area (TPSA) is 58.6 Å². The molecule has 1 aromatic carbocycles. The van der Waals surface area contributed by atoms with Gasteiger partial charge in [-0.3, -0.25) is 4.79 Å². The van der Waals surface area contributed by atoms with Gasteiger partial charge in [0.15, 0.2) is 0 Å². The van der Waals surface area contributed by atoms with Crippen LogP contribution in [0.15, 0.2) is 16.6 Å². The average molecular weight is 415 g/mol. The predicted octanol–water partition coefficient (Wildman–Crippen LogP) is 4.03. The largest absolute Gasteiger partial charge is 0.444 e. The van der Waals surface area contributed by atoms with Crippen molar-refractivity contribution in [2.45, 2.75) is 52.2 Å². The Hall–Kier alpha value is -1.63. The second-order valence-corrected chi connectivity index (χ2v) is 8.17. The van der Waals surface area contributed by atoms with E-state index in [1.165, 1.54) is 6.07 Å². The quantitative estimate of drug-likeness (QED) is 0.794. The van der Waals surface area contributed by atoms with Crippen molar-refractivity contribution in [1.29, 1.82) is 0 Å². The average Bonchev–Trinajstić information content (AvgIpc) is 2.48. The van der Waals surface area contributed by atoms with Crippen molar-refractivity contribution in [1.82, 2.24) is 10.2 Å². The Bertz CT molecular complexity index is 673. The number of carbonyl (C=O) groups is 2. The Labute approximate surface area is 156 Å². The third-order valence-corrected chi connectivity index (χ3v) is 4.56. The van der Waals surface area contributed by atoms with Crippen molar-refractivity contribution >= 4 is 27.9 Å². The van der Waals surface area contributed by atoms with E-state index < -0.39 is 17.5 Å². The SMILES string of the molecule is Cc1cc(Br)c(C(=O)N2CCC[C@H](NC(=O)OC(C)(C)C)C2)cc1F. The van der Waals surface area contributed by atoms with Gasteiger partial charge in [-0.1, -0.05) is 0 Å². The number of likely N-dealkylation sites (tertiary alicyclic amines) is 1. The molecule has 0 saturated carbocycles. The summed E-state index contributed by atoms with van der Waals surface area (Å²) >= 11 is 3.33. The maximum absolute atomic E-state index is 13.8. The van der Waals surface area contributed by atoms with E-state index in [1.54, 1.807) is 38.7 Å². The highest BCUT2D eigenvalue weighted by atomic mass is 79.9. The Morgan fingerprint density at radius 3 is 2.68 bits per heavy atom. The van der Waals surface area contributed by atoms with Gasteiger partial charge in [0.05, 0.1) is 5.56 Å². The predicted molar refractivity (Wildman–Crippen MR) is 97.1 cm³/mol. The van der Waals surface area contributed by atoms with Gasteiger partial charge in [0.2, 0.25) is 0 Å². The molecule has 1 heterocycles. The smallest absolute Gasteiger partial charge is 0.407 e. The summed E-state index contributed by atoms with van der Waals surface area (Å²) in [5.74, 6) is -0.659.